The lowest BCUT2D eigenvalue weighted by molar-refractivity contribution is 0.120. The fourth-order valence-electron chi connectivity index (χ4n) is 2.65. The van der Waals surface area contributed by atoms with Gasteiger partial charge in [0.05, 0.1) is 0 Å². The fourth-order valence-corrected chi connectivity index (χ4v) is 2.65. The summed E-state index contributed by atoms with van der Waals surface area (Å²) in [5.41, 5.74) is 6.36. The summed E-state index contributed by atoms with van der Waals surface area (Å²) in [6.07, 6.45) is 6.94. The normalized spacial score (nSPS) is 30.0. The second-order valence-corrected chi connectivity index (χ2v) is 4.84. The zero-order valence-electron chi connectivity index (χ0n) is 8.76. The maximum Gasteiger partial charge on any atom is 0.0135 e. The first-order chi connectivity index (χ1) is 6.28. The van der Waals surface area contributed by atoms with Crippen LogP contribution in [0.25, 0.3) is 0 Å². The summed E-state index contributed by atoms with van der Waals surface area (Å²) in [6, 6.07) is 0.734. The maximum absolute atomic E-state index is 5.85. The highest BCUT2D eigenvalue weighted by molar-refractivity contribution is 5.02. The van der Waals surface area contributed by atoms with Crippen LogP contribution in [0.5, 0.6) is 0 Å². The van der Waals surface area contributed by atoms with E-state index >= 15 is 0 Å². The van der Waals surface area contributed by atoms with Crippen LogP contribution in [0.4, 0.5) is 0 Å². The first kappa shape index (κ1) is 9.47. The van der Waals surface area contributed by atoms with Crippen molar-refractivity contribution in [2.75, 3.05) is 19.6 Å². The molecule has 1 aliphatic carbocycles. The van der Waals surface area contributed by atoms with Gasteiger partial charge in [0.1, 0.15) is 0 Å². The van der Waals surface area contributed by atoms with E-state index in [0.29, 0.717) is 5.41 Å². The molecule has 76 valence electrons. The van der Waals surface area contributed by atoms with Gasteiger partial charge in [0.2, 0.25) is 0 Å². The van der Waals surface area contributed by atoms with Gasteiger partial charge in [-0.25, -0.2) is 0 Å². The molecule has 0 aromatic heterocycles. The number of nitrogens with zero attached hydrogens (tertiary/aromatic N) is 1. The minimum atomic E-state index is 0.511. The highest BCUT2D eigenvalue weighted by atomic mass is 15.2. The van der Waals surface area contributed by atoms with E-state index in [1.807, 2.05) is 0 Å². The van der Waals surface area contributed by atoms with Gasteiger partial charge in [0.15, 0.2) is 0 Å². The zero-order chi connectivity index (χ0) is 9.31. The first-order valence-corrected chi connectivity index (χ1v) is 5.73. The molecule has 0 amide bonds. The largest absolute Gasteiger partial charge is 0.330 e. The first-order valence-electron chi connectivity index (χ1n) is 5.73. The molecule has 0 aromatic carbocycles. The van der Waals surface area contributed by atoms with Gasteiger partial charge in [-0.2, -0.15) is 0 Å². The van der Waals surface area contributed by atoms with Gasteiger partial charge >= 0.3 is 0 Å². The molecule has 2 rings (SSSR count). The van der Waals surface area contributed by atoms with Crippen molar-refractivity contribution in [3.8, 4) is 0 Å². The van der Waals surface area contributed by atoms with Gasteiger partial charge in [0.25, 0.3) is 0 Å². The van der Waals surface area contributed by atoms with Crippen molar-refractivity contribution in [3.05, 3.63) is 0 Å². The third-order valence-corrected chi connectivity index (χ3v) is 4.12. The molecule has 2 aliphatic rings. The fraction of sp³-hybridized carbons (Fsp3) is 1.00. The Bertz CT molecular complexity index is 169. The highest BCUT2D eigenvalue weighted by Gasteiger charge is 2.48. The van der Waals surface area contributed by atoms with Gasteiger partial charge in [-0.3, -0.25) is 0 Å². The van der Waals surface area contributed by atoms with E-state index in [2.05, 4.69) is 11.8 Å². The number of hydrogen-bond acceptors (Lipinski definition) is 2. The SMILES string of the molecule is CC(N1CCCCC1)C1(CN)CC1. The molecule has 0 bridgehead atoms. The Balaban J connectivity index is 1.91. The van der Waals surface area contributed by atoms with E-state index in [-0.39, 0.29) is 0 Å². The van der Waals surface area contributed by atoms with Crippen molar-refractivity contribution in [2.45, 2.75) is 45.1 Å². The molecule has 1 atom stereocenters. The number of nitrogens with two attached hydrogens (primary N) is 1. The van der Waals surface area contributed by atoms with Crippen LogP contribution in [-0.2, 0) is 0 Å². The van der Waals surface area contributed by atoms with Crippen molar-refractivity contribution >= 4 is 0 Å². The summed E-state index contributed by atoms with van der Waals surface area (Å²) in [5, 5.41) is 0. The average Bonchev–Trinajstić information content (AvgIpc) is 2.99. The van der Waals surface area contributed by atoms with Crippen molar-refractivity contribution in [1.29, 1.82) is 0 Å². The number of hydrogen-bond donors (Lipinski definition) is 1. The summed E-state index contributed by atoms with van der Waals surface area (Å²) in [4.78, 5) is 2.66. The second-order valence-electron chi connectivity index (χ2n) is 4.84. The van der Waals surface area contributed by atoms with Crippen molar-refractivity contribution < 1.29 is 0 Å². The minimum absolute atomic E-state index is 0.511. The van der Waals surface area contributed by atoms with Crippen molar-refractivity contribution in [2.24, 2.45) is 11.1 Å². The van der Waals surface area contributed by atoms with E-state index < -0.39 is 0 Å². The molecule has 0 spiro atoms. The average molecular weight is 182 g/mol. The van der Waals surface area contributed by atoms with E-state index in [0.717, 1.165) is 12.6 Å². The Morgan fingerprint density at radius 1 is 1.23 bits per heavy atom. The van der Waals surface area contributed by atoms with Crippen molar-refractivity contribution in [1.82, 2.24) is 4.90 Å². The topological polar surface area (TPSA) is 29.3 Å². The second kappa shape index (κ2) is 3.58. The molecule has 13 heavy (non-hydrogen) atoms. The molecule has 1 heterocycles. The molecule has 0 aromatic rings. The minimum Gasteiger partial charge on any atom is -0.330 e. The van der Waals surface area contributed by atoms with Crippen LogP contribution in [0, 0.1) is 5.41 Å². The van der Waals surface area contributed by atoms with Crippen molar-refractivity contribution in [3.63, 3.8) is 0 Å². The quantitative estimate of drug-likeness (QED) is 0.718. The predicted octanol–water partition coefficient (Wildman–Crippen LogP) is 1.60. The molecule has 2 heteroatoms. The monoisotopic (exact) mass is 182 g/mol. The standard InChI is InChI=1S/C11H22N2/c1-10(11(9-12)5-6-11)13-7-3-2-4-8-13/h10H,2-9,12H2,1H3. The lowest BCUT2D eigenvalue weighted by atomic mass is 9.95. The third kappa shape index (κ3) is 1.75. The van der Waals surface area contributed by atoms with Gasteiger partial charge in [0, 0.05) is 6.04 Å². The summed E-state index contributed by atoms with van der Waals surface area (Å²) in [6.45, 7) is 5.89. The van der Waals surface area contributed by atoms with E-state index in [9.17, 15) is 0 Å². The molecular weight excluding hydrogens is 160 g/mol. The summed E-state index contributed by atoms with van der Waals surface area (Å²) in [5.74, 6) is 0. The number of piperidine rings is 1. The van der Waals surface area contributed by atoms with Crippen LogP contribution >= 0.6 is 0 Å². The Labute approximate surface area is 81.5 Å². The van der Waals surface area contributed by atoms with Crippen LogP contribution in [0.1, 0.15) is 39.0 Å². The lowest BCUT2D eigenvalue weighted by Crippen LogP contribution is -2.45. The highest BCUT2D eigenvalue weighted by Crippen LogP contribution is 2.49. The molecule has 0 radical (unpaired) electrons. The zero-order valence-corrected chi connectivity index (χ0v) is 8.76. The Hall–Kier alpha value is -0.0800. The molecule has 1 unspecified atom stereocenters. The smallest absolute Gasteiger partial charge is 0.0135 e. The lowest BCUT2D eigenvalue weighted by Gasteiger charge is -2.37. The van der Waals surface area contributed by atoms with Gasteiger partial charge in [-0.15, -0.1) is 0 Å². The summed E-state index contributed by atoms with van der Waals surface area (Å²) >= 11 is 0. The molecule has 1 saturated carbocycles. The van der Waals surface area contributed by atoms with Gasteiger partial charge in [-0.1, -0.05) is 6.42 Å². The van der Waals surface area contributed by atoms with E-state index in [4.69, 9.17) is 5.73 Å². The van der Waals surface area contributed by atoms with Gasteiger partial charge < -0.3 is 10.6 Å². The summed E-state index contributed by atoms with van der Waals surface area (Å²) < 4.78 is 0. The molecule has 1 saturated heterocycles. The predicted molar refractivity (Wildman–Crippen MR) is 55.6 cm³/mol. The maximum atomic E-state index is 5.85. The molecule has 2 fully saturated rings. The Kier molecular flexibility index (Phi) is 2.61. The number of rotatable bonds is 3. The molecule has 1 aliphatic heterocycles. The van der Waals surface area contributed by atoms with Gasteiger partial charge in [-0.05, 0) is 57.7 Å². The van der Waals surface area contributed by atoms with E-state index in [1.165, 1.54) is 45.2 Å². The van der Waals surface area contributed by atoms with Crippen LogP contribution in [-0.4, -0.2) is 30.6 Å². The Morgan fingerprint density at radius 2 is 1.85 bits per heavy atom. The summed E-state index contributed by atoms with van der Waals surface area (Å²) in [7, 11) is 0. The molecular formula is C11H22N2. The van der Waals surface area contributed by atoms with Crippen LogP contribution in [0.15, 0.2) is 0 Å². The van der Waals surface area contributed by atoms with Crippen LogP contribution in [0.2, 0.25) is 0 Å². The Morgan fingerprint density at radius 3 is 2.31 bits per heavy atom. The van der Waals surface area contributed by atoms with Crippen LogP contribution < -0.4 is 5.73 Å². The van der Waals surface area contributed by atoms with Crippen LogP contribution in [0.3, 0.4) is 0 Å². The molecule has 2 nitrogen and oxygen atoms in total. The number of likely N-dealkylation sites (tertiary alicyclic amines) is 1. The molecule has 2 N–H and O–H groups in total. The third-order valence-electron chi connectivity index (χ3n) is 4.12. The van der Waals surface area contributed by atoms with E-state index in [1.54, 1.807) is 0 Å².